The topological polar surface area (TPSA) is 0 Å². The number of rotatable bonds is 0. The fourth-order valence-electron chi connectivity index (χ4n) is 1.05. The van der Waals surface area contributed by atoms with Crippen molar-refractivity contribution in [2.75, 3.05) is 0 Å². The Morgan fingerprint density at radius 3 is 0.538 bits per heavy atom. The standard InChI is InChI=1S/C6H6Cl6.Bi.3H/c7-1-2(8)4(10)6(12)5(11)3(1)9;;;;/h1-6H;;;;/t1-,2-,3-,4+,5+,6+;;;;. The third-order valence-electron chi connectivity index (χ3n) is 1.83. The molecule has 0 amide bonds. The Hall–Kier alpha value is 2.62. The zero-order valence-electron chi connectivity index (χ0n) is 6.44. The first-order chi connectivity index (χ1) is 5.46. The molecule has 80 valence electrons. The van der Waals surface area contributed by atoms with Crippen molar-refractivity contribution in [1.29, 1.82) is 0 Å². The first-order valence-electron chi connectivity index (χ1n) is 3.31. The molecule has 1 fully saturated rings. The fraction of sp³-hybridized carbons (Fsp3) is 1.00. The molecule has 1 rings (SSSR count). The molecule has 0 aromatic rings. The van der Waals surface area contributed by atoms with Gasteiger partial charge in [0.15, 0.2) is 0 Å². The summed E-state index contributed by atoms with van der Waals surface area (Å²) in [5.74, 6) is 0. The van der Waals surface area contributed by atoms with Crippen LogP contribution in [0.25, 0.3) is 0 Å². The molecule has 0 aliphatic heterocycles. The molecule has 0 N–H and O–H groups in total. The average Bonchev–Trinajstić information content (AvgIpc) is 2.08. The van der Waals surface area contributed by atoms with Crippen molar-refractivity contribution in [3.63, 3.8) is 0 Å². The van der Waals surface area contributed by atoms with Gasteiger partial charge in [-0.05, 0) is 0 Å². The van der Waals surface area contributed by atoms with E-state index in [0.717, 1.165) is 0 Å². The van der Waals surface area contributed by atoms with E-state index in [1.54, 1.807) is 0 Å². The SMILES string of the molecule is Cl[C@H]1[C@H](Cl)[C@@H](Cl)[C@@H](Cl)[C@H](Cl)[C@H]1Cl.[BiH3]. The van der Waals surface area contributed by atoms with Crippen LogP contribution in [-0.4, -0.2) is 58.5 Å². The molecule has 7 heteroatoms. The molecule has 0 aromatic carbocycles. The van der Waals surface area contributed by atoms with E-state index in [1.165, 1.54) is 0 Å². The summed E-state index contributed by atoms with van der Waals surface area (Å²) >= 11 is 35.3. The van der Waals surface area contributed by atoms with Crippen molar-refractivity contribution in [1.82, 2.24) is 0 Å². The van der Waals surface area contributed by atoms with Crippen LogP contribution in [0, 0.1) is 0 Å². The summed E-state index contributed by atoms with van der Waals surface area (Å²) in [6.45, 7) is 0. The second kappa shape index (κ2) is 6.38. The van der Waals surface area contributed by atoms with Gasteiger partial charge >= 0.3 is 26.2 Å². The predicted molar refractivity (Wildman–Crippen MR) is 67.8 cm³/mol. The number of hydrogen-bond donors (Lipinski definition) is 0. The molecule has 0 spiro atoms. The van der Waals surface area contributed by atoms with Gasteiger partial charge < -0.3 is 0 Å². The molecule has 0 aromatic heterocycles. The Bertz CT molecular complexity index is 109. The zero-order valence-corrected chi connectivity index (χ0v) is 16.5. The van der Waals surface area contributed by atoms with Crippen LogP contribution >= 0.6 is 69.6 Å². The van der Waals surface area contributed by atoms with Crippen LogP contribution in [0.2, 0.25) is 0 Å². The molecule has 0 atom stereocenters. The number of alkyl halides is 6. The second-order valence-electron chi connectivity index (χ2n) is 2.67. The Morgan fingerprint density at radius 2 is 0.462 bits per heavy atom. The summed E-state index contributed by atoms with van der Waals surface area (Å²) in [6.07, 6.45) is 0. The quantitative estimate of drug-likeness (QED) is 0.353. The van der Waals surface area contributed by atoms with E-state index in [2.05, 4.69) is 0 Å². The van der Waals surface area contributed by atoms with Crippen molar-refractivity contribution < 1.29 is 0 Å². The Balaban J connectivity index is 0.00000144. The molecule has 1 aliphatic rings. The van der Waals surface area contributed by atoms with E-state index in [9.17, 15) is 0 Å². The molecule has 0 radical (unpaired) electrons. The third kappa shape index (κ3) is 3.29. The van der Waals surface area contributed by atoms with E-state index < -0.39 is 32.3 Å². The van der Waals surface area contributed by atoms with Crippen molar-refractivity contribution in [2.24, 2.45) is 0 Å². The molecular weight excluding hydrogens is 494 g/mol. The van der Waals surface area contributed by atoms with Crippen LogP contribution < -0.4 is 0 Å². The Morgan fingerprint density at radius 1 is 0.385 bits per heavy atom. The minimum atomic E-state index is -0.437. The van der Waals surface area contributed by atoms with Gasteiger partial charge in [0, 0.05) is 0 Å². The fourth-order valence-corrected chi connectivity index (χ4v) is 3.38. The molecular formula is C6H9BiCl6. The Kier molecular flexibility index (Phi) is 7.67. The van der Waals surface area contributed by atoms with Crippen LogP contribution in [0.15, 0.2) is 0 Å². The van der Waals surface area contributed by atoms with Crippen molar-refractivity contribution >= 4 is 95.8 Å². The molecule has 0 saturated heterocycles. The van der Waals surface area contributed by atoms with E-state index in [0.29, 0.717) is 0 Å². The monoisotopic (exact) mass is 500 g/mol. The van der Waals surface area contributed by atoms with Crippen molar-refractivity contribution in [2.45, 2.75) is 32.3 Å². The van der Waals surface area contributed by atoms with Crippen molar-refractivity contribution in [3.05, 3.63) is 0 Å². The molecule has 0 unspecified atom stereocenters. The first kappa shape index (κ1) is 15.6. The van der Waals surface area contributed by atoms with Gasteiger partial charge in [-0.1, -0.05) is 0 Å². The molecule has 0 heterocycles. The van der Waals surface area contributed by atoms with Crippen LogP contribution in [0.4, 0.5) is 0 Å². The van der Waals surface area contributed by atoms with Crippen LogP contribution in [0.1, 0.15) is 0 Å². The second-order valence-corrected chi connectivity index (χ2v) is 5.69. The van der Waals surface area contributed by atoms with Crippen molar-refractivity contribution in [3.8, 4) is 0 Å². The van der Waals surface area contributed by atoms with Gasteiger partial charge in [0.2, 0.25) is 0 Å². The minimum absolute atomic E-state index is 0. The molecule has 1 aliphatic carbocycles. The van der Waals surface area contributed by atoms with Crippen LogP contribution in [-0.2, 0) is 0 Å². The summed E-state index contributed by atoms with van der Waals surface area (Å²) in [5.41, 5.74) is 0. The maximum absolute atomic E-state index is 5.88. The molecule has 0 bridgehead atoms. The van der Waals surface area contributed by atoms with Crippen LogP contribution in [0.3, 0.4) is 0 Å². The molecule has 0 nitrogen and oxygen atoms in total. The summed E-state index contributed by atoms with van der Waals surface area (Å²) in [5, 5.41) is -2.62. The summed E-state index contributed by atoms with van der Waals surface area (Å²) < 4.78 is 0. The van der Waals surface area contributed by atoms with Crippen LogP contribution in [0.5, 0.6) is 0 Å². The average molecular weight is 503 g/mol. The predicted octanol–water partition coefficient (Wildman–Crippen LogP) is 2.46. The van der Waals surface area contributed by atoms with Gasteiger partial charge in [-0.25, -0.2) is 0 Å². The van der Waals surface area contributed by atoms with Gasteiger partial charge in [0.1, 0.15) is 0 Å². The zero-order chi connectivity index (χ0) is 9.46. The summed E-state index contributed by atoms with van der Waals surface area (Å²) in [4.78, 5) is 0. The van der Waals surface area contributed by atoms with Gasteiger partial charge in [-0.2, -0.15) is 0 Å². The normalized spacial score (nSPS) is 51.2. The molecule has 1 saturated carbocycles. The van der Waals surface area contributed by atoms with Gasteiger partial charge in [0.25, 0.3) is 0 Å². The summed E-state index contributed by atoms with van der Waals surface area (Å²) in [7, 11) is 0. The maximum atomic E-state index is 5.88. The first-order valence-corrected chi connectivity index (χ1v) is 5.93. The summed E-state index contributed by atoms with van der Waals surface area (Å²) in [6, 6.07) is 0. The van der Waals surface area contributed by atoms with E-state index >= 15 is 0 Å². The van der Waals surface area contributed by atoms with Gasteiger partial charge in [0.05, 0.1) is 32.3 Å². The van der Waals surface area contributed by atoms with Gasteiger partial charge in [-0.15, -0.1) is 69.6 Å². The number of hydrogen-bond acceptors (Lipinski definition) is 0. The Labute approximate surface area is 127 Å². The van der Waals surface area contributed by atoms with Gasteiger partial charge in [-0.3, -0.25) is 0 Å². The third-order valence-corrected chi connectivity index (χ3v) is 5.86. The molecule has 13 heavy (non-hydrogen) atoms. The van der Waals surface area contributed by atoms with E-state index in [1.807, 2.05) is 0 Å². The van der Waals surface area contributed by atoms with E-state index in [4.69, 9.17) is 69.6 Å². The number of halogens is 6. The van der Waals surface area contributed by atoms with E-state index in [-0.39, 0.29) is 26.2 Å².